The molecule has 1 saturated carbocycles. The van der Waals surface area contributed by atoms with Crippen molar-refractivity contribution in [1.82, 2.24) is 0 Å². The van der Waals surface area contributed by atoms with Crippen LogP contribution >= 0.6 is 0 Å². The Morgan fingerprint density at radius 3 is 1.00 bits per heavy atom. The first-order chi connectivity index (χ1) is 8.71. The largest absolute Gasteiger partial charge is 0.109 e. The molecule has 1 aliphatic carbocycles. The smallest absolute Gasteiger partial charge is 0.0669 e. The molecule has 0 N–H and O–H groups in total. The lowest BCUT2D eigenvalue weighted by atomic mass is 9.64. The molecule has 1 aliphatic rings. The Balaban J connectivity index is 2.20. The molecular weight excluding hydrogens is 215 g/mol. The van der Waals surface area contributed by atoms with Gasteiger partial charge >= 0.3 is 0 Å². The standard InChI is InChI=1S/C17H35B/c1-17(18)15-13-11-9-7-5-3-2-4-6-8-10-12-14-16-17/h2-16,18H2,1H3. The first-order valence-corrected chi connectivity index (χ1v) is 8.71. The molecular formula is C17H35B. The van der Waals surface area contributed by atoms with E-state index in [1.165, 1.54) is 96.3 Å². The molecule has 106 valence electrons. The van der Waals surface area contributed by atoms with Crippen molar-refractivity contribution in [2.75, 3.05) is 0 Å². The summed E-state index contributed by atoms with van der Waals surface area (Å²) in [6, 6.07) is 0. The molecule has 1 rings (SSSR count). The van der Waals surface area contributed by atoms with Gasteiger partial charge in [0.2, 0.25) is 0 Å². The Bertz CT molecular complexity index is 168. The van der Waals surface area contributed by atoms with Gasteiger partial charge in [-0.1, -0.05) is 109 Å². The van der Waals surface area contributed by atoms with Gasteiger partial charge in [-0.2, -0.15) is 0 Å². The second-order valence-electron chi connectivity index (χ2n) is 7.26. The lowest BCUT2D eigenvalue weighted by Gasteiger charge is -2.24. The van der Waals surface area contributed by atoms with Crippen molar-refractivity contribution >= 4 is 7.85 Å². The van der Waals surface area contributed by atoms with E-state index in [0.717, 1.165) is 0 Å². The van der Waals surface area contributed by atoms with Crippen LogP contribution in [0, 0.1) is 0 Å². The lowest BCUT2D eigenvalue weighted by Crippen LogP contribution is -2.08. The van der Waals surface area contributed by atoms with Gasteiger partial charge in [0.25, 0.3) is 0 Å². The van der Waals surface area contributed by atoms with E-state index >= 15 is 0 Å². The van der Waals surface area contributed by atoms with Gasteiger partial charge in [-0.3, -0.25) is 0 Å². The maximum absolute atomic E-state index is 2.48. The first kappa shape index (κ1) is 16.1. The van der Waals surface area contributed by atoms with Crippen molar-refractivity contribution in [2.24, 2.45) is 0 Å². The third kappa shape index (κ3) is 9.06. The number of hydrogen-bond donors (Lipinski definition) is 0. The normalized spacial score (nSPS) is 25.6. The van der Waals surface area contributed by atoms with Crippen LogP contribution in [0.4, 0.5) is 0 Å². The van der Waals surface area contributed by atoms with Gasteiger partial charge in [0.1, 0.15) is 7.85 Å². The summed E-state index contributed by atoms with van der Waals surface area (Å²) < 4.78 is 0. The quantitative estimate of drug-likeness (QED) is 0.486. The van der Waals surface area contributed by atoms with Crippen LogP contribution < -0.4 is 0 Å². The Labute approximate surface area is 117 Å². The molecule has 0 unspecified atom stereocenters. The number of rotatable bonds is 0. The van der Waals surface area contributed by atoms with Crippen molar-refractivity contribution in [3.05, 3.63) is 0 Å². The molecule has 1 fully saturated rings. The van der Waals surface area contributed by atoms with Gasteiger partial charge in [0.05, 0.1) is 0 Å². The fraction of sp³-hybridized carbons (Fsp3) is 1.00. The molecule has 0 bridgehead atoms. The Hall–Kier alpha value is 0.0649. The minimum Gasteiger partial charge on any atom is -0.0669 e. The molecule has 0 aromatic rings. The molecule has 0 spiro atoms. The van der Waals surface area contributed by atoms with Gasteiger partial charge in [-0.25, -0.2) is 0 Å². The molecule has 0 aromatic heterocycles. The first-order valence-electron chi connectivity index (χ1n) is 8.71. The van der Waals surface area contributed by atoms with E-state index in [0.29, 0.717) is 5.31 Å². The van der Waals surface area contributed by atoms with Crippen LogP contribution in [-0.2, 0) is 0 Å². The highest BCUT2D eigenvalue weighted by atomic mass is 14.2. The van der Waals surface area contributed by atoms with Gasteiger partial charge in [-0.05, 0) is 0 Å². The van der Waals surface area contributed by atoms with Crippen LogP contribution in [0.25, 0.3) is 0 Å². The van der Waals surface area contributed by atoms with E-state index in [1.54, 1.807) is 0 Å². The van der Waals surface area contributed by atoms with Gasteiger partial charge in [-0.15, -0.1) is 0 Å². The van der Waals surface area contributed by atoms with E-state index in [4.69, 9.17) is 0 Å². The molecule has 0 heterocycles. The van der Waals surface area contributed by atoms with Crippen LogP contribution in [0.5, 0.6) is 0 Å². The average Bonchev–Trinajstić information content (AvgIpc) is 2.32. The molecule has 0 radical (unpaired) electrons. The average molecular weight is 250 g/mol. The second-order valence-corrected chi connectivity index (χ2v) is 7.26. The van der Waals surface area contributed by atoms with Crippen LogP contribution in [0.2, 0.25) is 5.31 Å². The highest BCUT2D eigenvalue weighted by molar-refractivity contribution is 6.14. The molecule has 0 amide bonds. The Morgan fingerprint density at radius 1 is 0.500 bits per heavy atom. The van der Waals surface area contributed by atoms with E-state index < -0.39 is 0 Å². The topological polar surface area (TPSA) is 0 Å². The maximum Gasteiger partial charge on any atom is 0.109 e. The Kier molecular flexibility index (Phi) is 8.89. The van der Waals surface area contributed by atoms with Crippen LogP contribution in [0.3, 0.4) is 0 Å². The van der Waals surface area contributed by atoms with E-state index in [2.05, 4.69) is 14.8 Å². The van der Waals surface area contributed by atoms with Crippen LogP contribution in [0.1, 0.15) is 103 Å². The predicted molar refractivity (Wildman–Crippen MR) is 86.2 cm³/mol. The summed E-state index contributed by atoms with van der Waals surface area (Å²) in [4.78, 5) is 0. The van der Waals surface area contributed by atoms with Crippen molar-refractivity contribution in [2.45, 2.75) is 109 Å². The molecule has 0 aromatic carbocycles. The zero-order chi connectivity index (χ0) is 13.1. The van der Waals surface area contributed by atoms with Crippen molar-refractivity contribution < 1.29 is 0 Å². The fourth-order valence-corrected chi connectivity index (χ4v) is 3.28. The van der Waals surface area contributed by atoms with Crippen LogP contribution in [0.15, 0.2) is 0 Å². The van der Waals surface area contributed by atoms with Gasteiger partial charge in [0, 0.05) is 0 Å². The monoisotopic (exact) mass is 250 g/mol. The summed E-state index contributed by atoms with van der Waals surface area (Å²) in [5.41, 5.74) is 0. The predicted octanol–water partition coefficient (Wildman–Crippen LogP) is 5.66. The zero-order valence-electron chi connectivity index (χ0n) is 13.1. The SMILES string of the molecule is BC1(C)CCCCCCCCCCCCCCC1. The summed E-state index contributed by atoms with van der Waals surface area (Å²) in [7, 11) is 2.48. The summed E-state index contributed by atoms with van der Waals surface area (Å²) >= 11 is 0. The summed E-state index contributed by atoms with van der Waals surface area (Å²) in [5, 5.41) is 0.608. The summed E-state index contributed by atoms with van der Waals surface area (Å²) in [6.07, 6.45) is 22.2. The molecule has 0 atom stereocenters. The minimum atomic E-state index is 0.608. The van der Waals surface area contributed by atoms with Crippen molar-refractivity contribution in [1.29, 1.82) is 0 Å². The lowest BCUT2D eigenvalue weighted by molar-refractivity contribution is 0.442. The highest BCUT2D eigenvalue weighted by Gasteiger charge is 2.16. The summed E-state index contributed by atoms with van der Waals surface area (Å²) in [6.45, 7) is 2.48. The minimum absolute atomic E-state index is 0.608. The maximum atomic E-state index is 2.48. The molecule has 18 heavy (non-hydrogen) atoms. The molecule has 1 heteroatoms. The molecule has 0 saturated heterocycles. The zero-order valence-corrected chi connectivity index (χ0v) is 13.1. The van der Waals surface area contributed by atoms with E-state index in [1.807, 2.05) is 0 Å². The fourth-order valence-electron chi connectivity index (χ4n) is 3.28. The third-order valence-corrected chi connectivity index (χ3v) is 4.71. The van der Waals surface area contributed by atoms with Crippen molar-refractivity contribution in [3.63, 3.8) is 0 Å². The number of hydrogen-bond acceptors (Lipinski definition) is 0. The highest BCUT2D eigenvalue weighted by Crippen LogP contribution is 2.34. The Morgan fingerprint density at radius 2 is 0.722 bits per heavy atom. The molecule has 0 aliphatic heterocycles. The van der Waals surface area contributed by atoms with Gasteiger partial charge in [0.15, 0.2) is 0 Å². The molecule has 0 nitrogen and oxygen atoms in total. The third-order valence-electron chi connectivity index (χ3n) is 4.71. The van der Waals surface area contributed by atoms with E-state index in [9.17, 15) is 0 Å². The van der Waals surface area contributed by atoms with Gasteiger partial charge < -0.3 is 0 Å². The second kappa shape index (κ2) is 9.93. The van der Waals surface area contributed by atoms with Crippen molar-refractivity contribution in [3.8, 4) is 0 Å². The van der Waals surface area contributed by atoms with E-state index in [-0.39, 0.29) is 0 Å². The summed E-state index contributed by atoms with van der Waals surface area (Å²) in [5.74, 6) is 0. The van der Waals surface area contributed by atoms with Crippen LogP contribution in [-0.4, -0.2) is 7.85 Å².